The van der Waals surface area contributed by atoms with Crippen LogP contribution in [0.3, 0.4) is 0 Å². The molecule has 0 aliphatic carbocycles. The van der Waals surface area contributed by atoms with E-state index in [1.165, 1.54) is 0 Å². The number of nitrogens with one attached hydrogen (secondary N) is 1. The molecule has 0 bridgehead atoms. The van der Waals surface area contributed by atoms with Gasteiger partial charge in [-0.2, -0.15) is 5.10 Å². The van der Waals surface area contributed by atoms with Crippen LogP contribution in [-0.2, 0) is 4.74 Å². The van der Waals surface area contributed by atoms with Crippen molar-refractivity contribution in [3.8, 4) is 5.82 Å². The highest BCUT2D eigenvalue weighted by Gasteiger charge is 2.19. The summed E-state index contributed by atoms with van der Waals surface area (Å²) in [6, 6.07) is 2.48. The Morgan fingerprint density at radius 3 is 2.71 bits per heavy atom. The standard InChI is InChI=1S/C17H26N6O/c1-13-10-14(2)23(21-13)17-12-18-11-16(20-17)19-15-4-6-22(7-5-15)8-9-24-3/h10-12,15H,4-9H2,1-3H3,(H,19,20). The van der Waals surface area contributed by atoms with Crippen molar-refractivity contribution >= 4 is 5.82 Å². The lowest BCUT2D eigenvalue weighted by Gasteiger charge is -2.32. The molecule has 2 aromatic rings. The molecule has 1 saturated heterocycles. The van der Waals surface area contributed by atoms with Gasteiger partial charge >= 0.3 is 0 Å². The highest BCUT2D eigenvalue weighted by molar-refractivity contribution is 5.37. The van der Waals surface area contributed by atoms with E-state index >= 15 is 0 Å². The zero-order valence-corrected chi connectivity index (χ0v) is 14.7. The van der Waals surface area contributed by atoms with Crippen LogP contribution in [0.5, 0.6) is 0 Å². The minimum atomic E-state index is 0.439. The highest BCUT2D eigenvalue weighted by Crippen LogP contribution is 2.16. The molecule has 3 rings (SSSR count). The molecule has 130 valence electrons. The van der Waals surface area contributed by atoms with Crippen LogP contribution >= 0.6 is 0 Å². The third-order valence-corrected chi connectivity index (χ3v) is 4.40. The van der Waals surface area contributed by atoms with Gasteiger partial charge in [-0.05, 0) is 32.8 Å². The molecule has 0 radical (unpaired) electrons. The van der Waals surface area contributed by atoms with E-state index in [1.807, 2.05) is 24.6 Å². The summed E-state index contributed by atoms with van der Waals surface area (Å²) in [6.07, 6.45) is 5.75. The summed E-state index contributed by atoms with van der Waals surface area (Å²) >= 11 is 0. The van der Waals surface area contributed by atoms with Crippen LogP contribution in [0.2, 0.25) is 0 Å². The van der Waals surface area contributed by atoms with E-state index in [4.69, 9.17) is 4.74 Å². The van der Waals surface area contributed by atoms with Crippen LogP contribution in [-0.4, -0.2) is 64.0 Å². The molecule has 0 saturated carbocycles. The number of ether oxygens (including phenoxy) is 1. The highest BCUT2D eigenvalue weighted by atomic mass is 16.5. The van der Waals surface area contributed by atoms with Gasteiger partial charge in [0.1, 0.15) is 5.82 Å². The van der Waals surface area contributed by atoms with Crippen molar-refractivity contribution in [1.29, 1.82) is 0 Å². The van der Waals surface area contributed by atoms with Crippen molar-refractivity contribution in [2.75, 3.05) is 38.7 Å². The van der Waals surface area contributed by atoms with Gasteiger partial charge in [0.25, 0.3) is 0 Å². The summed E-state index contributed by atoms with van der Waals surface area (Å²) < 4.78 is 6.98. The number of methoxy groups -OCH3 is 1. The normalized spacial score (nSPS) is 16.5. The smallest absolute Gasteiger partial charge is 0.174 e. The third-order valence-electron chi connectivity index (χ3n) is 4.40. The second-order valence-electron chi connectivity index (χ2n) is 6.35. The summed E-state index contributed by atoms with van der Waals surface area (Å²) in [5.41, 5.74) is 2.04. The van der Waals surface area contributed by atoms with Gasteiger partial charge in [-0.15, -0.1) is 0 Å². The van der Waals surface area contributed by atoms with Crippen LogP contribution in [0, 0.1) is 13.8 Å². The predicted molar refractivity (Wildman–Crippen MR) is 93.6 cm³/mol. The molecule has 3 heterocycles. The molecule has 0 unspecified atom stereocenters. The first-order valence-electron chi connectivity index (χ1n) is 8.49. The first-order chi connectivity index (χ1) is 11.7. The van der Waals surface area contributed by atoms with Crippen LogP contribution < -0.4 is 5.32 Å². The fourth-order valence-corrected chi connectivity index (χ4v) is 3.12. The molecule has 0 spiro atoms. The lowest BCUT2D eigenvalue weighted by molar-refractivity contribution is 0.132. The Morgan fingerprint density at radius 2 is 2.04 bits per heavy atom. The van der Waals surface area contributed by atoms with Gasteiger partial charge in [0, 0.05) is 38.5 Å². The number of aromatic nitrogens is 4. The average Bonchev–Trinajstić information content (AvgIpc) is 2.93. The molecule has 7 heteroatoms. The van der Waals surface area contributed by atoms with Gasteiger partial charge in [-0.1, -0.05) is 0 Å². The second-order valence-corrected chi connectivity index (χ2v) is 6.35. The molecule has 1 fully saturated rings. The summed E-state index contributed by atoms with van der Waals surface area (Å²) in [5, 5.41) is 8.00. The second kappa shape index (κ2) is 7.72. The number of likely N-dealkylation sites (tertiary alicyclic amines) is 1. The SMILES string of the molecule is COCCN1CCC(Nc2cncc(-n3nc(C)cc3C)n2)CC1. The monoisotopic (exact) mass is 330 g/mol. The number of rotatable bonds is 6. The zero-order valence-electron chi connectivity index (χ0n) is 14.7. The van der Waals surface area contributed by atoms with Gasteiger partial charge in [0.05, 0.1) is 24.7 Å². The number of piperidine rings is 1. The van der Waals surface area contributed by atoms with E-state index in [-0.39, 0.29) is 0 Å². The van der Waals surface area contributed by atoms with E-state index in [0.29, 0.717) is 6.04 Å². The minimum Gasteiger partial charge on any atom is -0.383 e. The van der Waals surface area contributed by atoms with Gasteiger partial charge < -0.3 is 15.0 Å². The number of anilines is 1. The van der Waals surface area contributed by atoms with Crippen molar-refractivity contribution in [3.63, 3.8) is 0 Å². The number of aryl methyl sites for hydroxylation is 2. The molecule has 24 heavy (non-hydrogen) atoms. The molecule has 1 aliphatic rings. The molecule has 1 N–H and O–H groups in total. The van der Waals surface area contributed by atoms with Crippen LogP contribution in [0.15, 0.2) is 18.5 Å². The molecule has 7 nitrogen and oxygen atoms in total. The molecule has 2 aromatic heterocycles. The maximum Gasteiger partial charge on any atom is 0.174 e. The van der Waals surface area contributed by atoms with E-state index in [2.05, 4.69) is 25.3 Å². The maximum atomic E-state index is 5.15. The Labute approximate surface area is 143 Å². The molecular weight excluding hydrogens is 304 g/mol. The van der Waals surface area contributed by atoms with Gasteiger partial charge in [0.15, 0.2) is 5.82 Å². The lowest BCUT2D eigenvalue weighted by atomic mass is 10.1. The van der Waals surface area contributed by atoms with E-state index in [9.17, 15) is 0 Å². The molecule has 0 atom stereocenters. The fraction of sp³-hybridized carbons (Fsp3) is 0.588. The maximum absolute atomic E-state index is 5.15. The quantitative estimate of drug-likeness (QED) is 0.871. The Kier molecular flexibility index (Phi) is 5.42. The van der Waals surface area contributed by atoms with Gasteiger partial charge in [-0.3, -0.25) is 4.98 Å². The Hall–Kier alpha value is -1.99. The van der Waals surface area contributed by atoms with Crippen molar-refractivity contribution in [2.45, 2.75) is 32.7 Å². The Balaban J connectivity index is 1.61. The van der Waals surface area contributed by atoms with E-state index in [1.54, 1.807) is 19.5 Å². The van der Waals surface area contributed by atoms with Crippen LogP contribution in [0.1, 0.15) is 24.2 Å². The van der Waals surface area contributed by atoms with Crippen molar-refractivity contribution in [2.24, 2.45) is 0 Å². The first kappa shape index (κ1) is 16.9. The number of nitrogens with zero attached hydrogens (tertiary/aromatic N) is 5. The Morgan fingerprint density at radius 1 is 1.25 bits per heavy atom. The summed E-state index contributed by atoms with van der Waals surface area (Å²) in [4.78, 5) is 11.4. The topological polar surface area (TPSA) is 68.1 Å². The van der Waals surface area contributed by atoms with E-state index < -0.39 is 0 Å². The zero-order chi connectivity index (χ0) is 16.9. The minimum absolute atomic E-state index is 0.439. The van der Waals surface area contributed by atoms with Crippen LogP contribution in [0.4, 0.5) is 5.82 Å². The van der Waals surface area contributed by atoms with Gasteiger partial charge in [0.2, 0.25) is 0 Å². The number of hydrogen-bond donors (Lipinski definition) is 1. The molecule has 0 amide bonds. The largest absolute Gasteiger partial charge is 0.383 e. The third kappa shape index (κ3) is 4.10. The number of hydrogen-bond acceptors (Lipinski definition) is 6. The predicted octanol–water partition coefficient (Wildman–Crippen LogP) is 1.80. The van der Waals surface area contributed by atoms with Crippen molar-refractivity contribution in [1.82, 2.24) is 24.6 Å². The summed E-state index contributed by atoms with van der Waals surface area (Å²) in [6.45, 7) is 8.00. The van der Waals surface area contributed by atoms with Crippen molar-refractivity contribution in [3.05, 3.63) is 29.8 Å². The van der Waals surface area contributed by atoms with E-state index in [0.717, 1.165) is 62.1 Å². The fourth-order valence-electron chi connectivity index (χ4n) is 3.12. The van der Waals surface area contributed by atoms with Gasteiger partial charge in [-0.25, -0.2) is 9.67 Å². The van der Waals surface area contributed by atoms with Crippen LogP contribution in [0.25, 0.3) is 5.82 Å². The lowest BCUT2D eigenvalue weighted by Crippen LogP contribution is -2.40. The first-order valence-corrected chi connectivity index (χ1v) is 8.49. The molecule has 0 aromatic carbocycles. The van der Waals surface area contributed by atoms with Crippen molar-refractivity contribution < 1.29 is 4.74 Å². The molecular formula is C17H26N6O. The summed E-state index contributed by atoms with van der Waals surface area (Å²) in [7, 11) is 1.75. The average molecular weight is 330 g/mol. The Bertz CT molecular complexity index is 663. The molecule has 1 aliphatic heterocycles. The summed E-state index contributed by atoms with van der Waals surface area (Å²) in [5.74, 6) is 1.57.